The summed E-state index contributed by atoms with van der Waals surface area (Å²) in [5.41, 5.74) is 0. The highest BCUT2D eigenvalue weighted by atomic mass is 15.2. The Bertz CT molecular complexity index is 182. The number of hydrogen-bond acceptors (Lipinski definition) is 4. The standard InChI is InChI=1S/C5H13N3.C5H5N/c1-6-5-4-7-2-3-8-5;1-2-4-6-5-3-1/h5-8H,2-4H2,1H3;1-5H. The van der Waals surface area contributed by atoms with Crippen LogP contribution in [0, 0.1) is 0 Å². The lowest BCUT2D eigenvalue weighted by Crippen LogP contribution is -2.54. The number of aromatic nitrogens is 1. The van der Waals surface area contributed by atoms with Gasteiger partial charge >= 0.3 is 0 Å². The number of rotatable bonds is 1. The van der Waals surface area contributed by atoms with E-state index in [9.17, 15) is 0 Å². The summed E-state index contributed by atoms with van der Waals surface area (Å²) in [5.74, 6) is 0. The van der Waals surface area contributed by atoms with E-state index in [1.54, 1.807) is 12.4 Å². The van der Waals surface area contributed by atoms with E-state index in [1.165, 1.54) is 0 Å². The summed E-state index contributed by atoms with van der Waals surface area (Å²) in [5, 5.41) is 9.69. The fourth-order valence-electron chi connectivity index (χ4n) is 1.17. The third-order valence-corrected chi connectivity index (χ3v) is 1.96. The molecule has 78 valence electrons. The number of nitrogens with one attached hydrogen (secondary N) is 3. The molecule has 1 aliphatic rings. The molecule has 0 amide bonds. The maximum atomic E-state index is 3.78. The molecular formula is C10H18N4. The first-order valence-electron chi connectivity index (χ1n) is 4.90. The normalized spacial score (nSPS) is 20.8. The minimum absolute atomic E-state index is 0.476. The van der Waals surface area contributed by atoms with E-state index in [-0.39, 0.29) is 0 Å². The van der Waals surface area contributed by atoms with Crippen LogP contribution in [-0.2, 0) is 0 Å². The van der Waals surface area contributed by atoms with Gasteiger partial charge in [-0.25, -0.2) is 0 Å². The van der Waals surface area contributed by atoms with Gasteiger partial charge in [-0.3, -0.25) is 10.3 Å². The number of piperazine rings is 1. The molecule has 1 aromatic rings. The van der Waals surface area contributed by atoms with E-state index >= 15 is 0 Å². The second-order valence-electron chi connectivity index (χ2n) is 3.02. The van der Waals surface area contributed by atoms with Crippen molar-refractivity contribution in [2.45, 2.75) is 6.17 Å². The largest absolute Gasteiger partial charge is 0.313 e. The number of likely N-dealkylation sites (N-methyl/N-ethyl adjacent to an activating group) is 1. The summed E-state index contributed by atoms with van der Waals surface area (Å²) in [6, 6.07) is 5.72. The molecule has 3 N–H and O–H groups in total. The van der Waals surface area contributed by atoms with E-state index in [0.29, 0.717) is 6.17 Å². The van der Waals surface area contributed by atoms with Gasteiger partial charge in [0.1, 0.15) is 0 Å². The third-order valence-electron chi connectivity index (χ3n) is 1.96. The highest BCUT2D eigenvalue weighted by Gasteiger charge is 2.06. The number of hydrogen-bond donors (Lipinski definition) is 3. The Morgan fingerprint density at radius 1 is 1.21 bits per heavy atom. The molecule has 2 rings (SSSR count). The Labute approximate surface area is 85.1 Å². The topological polar surface area (TPSA) is 49.0 Å². The van der Waals surface area contributed by atoms with Gasteiger partial charge in [0.15, 0.2) is 0 Å². The van der Waals surface area contributed by atoms with Crippen LogP contribution in [0.15, 0.2) is 30.6 Å². The van der Waals surface area contributed by atoms with Crippen molar-refractivity contribution in [2.75, 3.05) is 26.7 Å². The summed E-state index contributed by atoms with van der Waals surface area (Å²) in [6.07, 6.45) is 3.98. The van der Waals surface area contributed by atoms with Gasteiger partial charge in [-0.2, -0.15) is 0 Å². The SMILES string of the molecule is CNC1CNCCN1.c1ccncc1. The molecular weight excluding hydrogens is 176 g/mol. The molecule has 0 spiro atoms. The Kier molecular flexibility index (Phi) is 5.90. The van der Waals surface area contributed by atoms with Crippen LogP contribution in [0.1, 0.15) is 0 Å². The molecule has 1 atom stereocenters. The monoisotopic (exact) mass is 194 g/mol. The van der Waals surface area contributed by atoms with Crippen molar-refractivity contribution in [3.05, 3.63) is 30.6 Å². The third kappa shape index (κ3) is 4.91. The van der Waals surface area contributed by atoms with Gasteiger partial charge in [0.2, 0.25) is 0 Å². The van der Waals surface area contributed by atoms with Crippen molar-refractivity contribution in [1.29, 1.82) is 0 Å². The van der Waals surface area contributed by atoms with Gasteiger partial charge in [0, 0.05) is 32.0 Å². The second-order valence-corrected chi connectivity index (χ2v) is 3.02. The fourth-order valence-corrected chi connectivity index (χ4v) is 1.17. The van der Waals surface area contributed by atoms with Crippen molar-refractivity contribution >= 4 is 0 Å². The number of nitrogens with zero attached hydrogens (tertiary/aromatic N) is 1. The molecule has 1 aromatic heterocycles. The first-order chi connectivity index (χ1) is 6.93. The van der Waals surface area contributed by atoms with Gasteiger partial charge in [-0.05, 0) is 19.2 Å². The zero-order valence-electron chi connectivity index (χ0n) is 8.53. The van der Waals surface area contributed by atoms with Crippen LogP contribution in [0.25, 0.3) is 0 Å². The number of pyridine rings is 1. The van der Waals surface area contributed by atoms with Crippen molar-refractivity contribution in [3.63, 3.8) is 0 Å². The summed E-state index contributed by atoms with van der Waals surface area (Å²) < 4.78 is 0. The Morgan fingerprint density at radius 2 is 2.00 bits per heavy atom. The summed E-state index contributed by atoms with van der Waals surface area (Å²) in [6.45, 7) is 3.21. The molecule has 0 aliphatic carbocycles. The van der Waals surface area contributed by atoms with Gasteiger partial charge in [-0.1, -0.05) is 6.07 Å². The molecule has 1 aliphatic heterocycles. The summed E-state index contributed by atoms with van der Waals surface area (Å²) in [7, 11) is 1.96. The fraction of sp³-hybridized carbons (Fsp3) is 0.500. The smallest absolute Gasteiger partial charge is 0.0698 e. The van der Waals surface area contributed by atoms with Crippen LogP contribution in [0.4, 0.5) is 0 Å². The molecule has 1 fully saturated rings. The van der Waals surface area contributed by atoms with Crippen molar-refractivity contribution in [3.8, 4) is 0 Å². The predicted octanol–water partition coefficient (Wildman–Crippen LogP) is -0.194. The van der Waals surface area contributed by atoms with Crippen molar-refractivity contribution in [2.24, 2.45) is 0 Å². The predicted molar refractivity (Wildman–Crippen MR) is 58.0 cm³/mol. The minimum atomic E-state index is 0.476. The second kappa shape index (κ2) is 7.44. The zero-order chi connectivity index (χ0) is 10.1. The summed E-state index contributed by atoms with van der Waals surface area (Å²) in [4.78, 5) is 3.78. The van der Waals surface area contributed by atoms with Gasteiger partial charge in [0.25, 0.3) is 0 Å². The Hall–Kier alpha value is -0.970. The van der Waals surface area contributed by atoms with E-state index in [0.717, 1.165) is 19.6 Å². The van der Waals surface area contributed by atoms with Crippen LogP contribution in [-0.4, -0.2) is 37.8 Å². The van der Waals surface area contributed by atoms with Crippen LogP contribution in [0.2, 0.25) is 0 Å². The average Bonchev–Trinajstić information content (AvgIpc) is 2.33. The molecule has 14 heavy (non-hydrogen) atoms. The average molecular weight is 194 g/mol. The van der Waals surface area contributed by atoms with Crippen molar-refractivity contribution in [1.82, 2.24) is 20.9 Å². The molecule has 2 heterocycles. The van der Waals surface area contributed by atoms with E-state index in [4.69, 9.17) is 0 Å². The maximum Gasteiger partial charge on any atom is 0.0698 e. The molecule has 0 radical (unpaired) electrons. The van der Waals surface area contributed by atoms with Crippen LogP contribution in [0.3, 0.4) is 0 Å². The molecule has 4 heteroatoms. The van der Waals surface area contributed by atoms with Crippen molar-refractivity contribution < 1.29 is 0 Å². The first kappa shape index (κ1) is 11.1. The van der Waals surface area contributed by atoms with Crippen LogP contribution < -0.4 is 16.0 Å². The Morgan fingerprint density at radius 3 is 2.29 bits per heavy atom. The Balaban J connectivity index is 0.000000146. The van der Waals surface area contributed by atoms with E-state index < -0.39 is 0 Å². The molecule has 1 unspecified atom stereocenters. The highest BCUT2D eigenvalue weighted by Crippen LogP contribution is 1.77. The molecule has 1 saturated heterocycles. The van der Waals surface area contributed by atoms with Gasteiger partial charge < -0.3 is 10.6 Å². The lowest BCUT2D eigenvalue weighted by atomic mass is 10.4. The van der Waals surface area contributed by atoms with Crippen LogP contribution in [0.5, 0.6) is 0 Å². The first-order valence-corrected chi connectivity index (χ1v) is 4.90. The van der Waals surface area contributed by atoms with Gasteiger partial charge in [0.05, 0.1) is 6.17 Å². The molecule has 0 aromatic carbocycles. The molecule has 4 nitrogen and oxygen atoms in total. The van der Waals surface area contributed by atoms with E-state index in [2.05, 4.69) is 20.9 Å². The lowest BCUT2D eigenvalue weighted by Gasteiger charge is -2.23. The van der Waals surface area contributed by atoms with E-state index in [1.807, 2.05) is 25.2 Å². The maximum absolute atomic E-state index is 3.78. The van der Waals surface area contributed by atoms with Crippen LogP contribution >= 0.6 is 0 Å². The molecule has 0 bridgehead atoms. The minimum Gasteiger partial charge on any atom is -0.313 e. The quantitative estimate of drug-likeness (QED) is 0.580. The zero-order valence-corrected chi connectivity index (χ0v) is 8.53. The summed E-state index contributed by atoms with van der Waals surface area (Å²) >= 11 is 0. The molecule has 0 saturated carbocycles. The van der Waals surface area contributed by atoms with Gasteiger partial charge in [-0.15, -0.1) is 0 Å². The lowest BCUT2D eigenvalue weighted by molar-refractivity contribution is 0.380. The highest BCUT2D eigenvalue weighted by molar-refractivity contribution is 4.88.